The van der Waals surface area contributed by atoms with Gasteiger partial charge in [-0.15, -0.1) is 0 Å². The molecule has 2 nitrogen and oxygen atoms in total. The van der Waals surface area contributed by atoms with Crippen molar-refractivity contribution in [1.29, 1.82) is 0 Å². The van der Waals surface area contributed by atoms with E-state index in [0.29, 0.717) is 6.04 Å². The van der Waals surface area contributed by atoms with E-state index in [0.717, 1.165) is 29.6 Å². The normalized spacial score (nSPS) is 12.2. The molecule has 0 aliphatic heterocycles. The van der Waals surface area contributed by atoms with E-state index in [2.05, 4.69) is 32.1 Å². The number of carbonyl (C=O) groups excluding carboxylic acids is 1. The van der Waals surface area contributed by atoms with Crippen LogP contribution in [0.25, 0.3) is 0 Å². The van der Waals surface area contributed by atoms with E-state index in [1.807, 2.05) is 30.0 Å². The van der Waals surface area contributed by atoms with Crippen molar-refractivity contribution in [2.45, 2.75) is 26.3 Å². The van der Waals surface area contributed by atoms with Gasteiger partial charge in [0, 0.05) is 30.1 Å². The molecule has 1 unspecified atom stereocenters. The summed E-state index contributed by atoms with van der Waals surface area (Å²) in [4.78, 5) is 13.0. The van der Waals surface area contributed by atoms with Gasteiger partial charge in [0.05, 0.1) is 0 Å². The first-order valence-electron chi connectivity index (χ1n) is 5.91. The fourth-order valence-corrected chi connectivity index (χ4v) is 2.88. The maximum absolute atomic E-state index is 10.7. The van der Waals surface area contributed by atoms with E-state index in [1.54, 1.807) is 0 Å². The second-order valence-electron chi connectivity index (χ2n) is 4.29. The molecule has 0 saturated heterocycles. The lowest BCUT2D eigenvalue weighted by molar-refractivity contribution is 0.112. The molecular formula is C14H21NOS. The van der Waals surface area contributed by atoms with Crippen LogP contribution in [-0.4, -0.2) is 31.4 Å². The third kappa shape index (κ3) is 3.50. The van der Waals surface area contributed by atoms with Gasteiger partial charge in [0.15, 0.2) is 0 Å². The van der Waals surface area contributed by atoms with Crippen LogP contribution in [0, 0.1) is 6.92 Å². The average Bonchev–Trinajstić information content (AvgIpc) is 2.35. The summed E-state index contributed by atoms with van der Waals surface area (Å²) in [6.45, 7) is 4.27. The maximum Gasteiger partial charge on any atom is 0.150 e. The van der Waals surface area contributed by atoms with Gasteiger partial charge in [-0.1, -0.05) is 6.92 Å². The molecule has 0 saturated carbocycles. The lowest BCUT2D eigenvalue weighted by Gasteiger charge is -2.30. The van der Waals surface area contributed by atoms with Crippen LogP contribution >= 0.6 is 11.8 Å². The molecule has 0 aromatic heterocycles. The number of benzene rings is 1. The molecule has 17 heavy (non-hydrogen) atoms. The SMILES string of the molecule is CCC(CSC)N(C)c1ccc(C=O)cc1C. The number of anilines is 1. The standard InChI is InChI=1S/C14H21NOS/c1-5-13(10-17-4)15(3)14-7-6-12(9-16)8-11(14)2/h6-9,13H,5,10H2,1-4H3. The lowest BCUT2D eigenvalue weighted by atomic mass is 10.1. The number of hydrogen-bond donors (Lipinski definition) is 0. The van der Waals surface area contributed by atoms with Gasteiger partial charge in [0.2, 0.25) is 0 Å². The van der Waals surface area contributed by atoms with E-state index in [4.69, 9.17) is 0 Å². The van der Waals surface area contributed by atoms with E-state index < -0.39 is 0 Å². The summed E-state index contributed by atoms with van der Waals surface area (Å²) in [5.74, 6) is 1.13. The Morgan fingerprint density at radius 2 is 2.18 bits per heavy atom. The van der Waals surface area contributed by atoms with Crippen molar-refractivity contribution in [3.63, 3.8) is 0 Å². The van der Waals surface area contributed by atoms with Crippen molar-refractivity contribution in [3.8, 4) is 0 Å². The molecule has 1 aromatic rings. The van der Waals surface area contributed by atoms with Crippen LogP contribution in [0.1, 0.15) is 29.3 Å². The van der Waals surface area contributed by atoms with Crippen LogP contribution in [0.3, 0.4) is 0 Å². The number of aryl methyl sites for hydroxylation is 1. The van der Waals surface area contributed by atoms with Gasteiger partial charge < -0.3 is 4.90 Å². The van der Waals surface area contributed by atoms with Crippen molar-refractivity contribution < 1.29 is 4.79 Å². The van der Waals surface area contributed by atoms with Crippen molar-refractivity contribution >= 4 is 23.7 Å². The van der Waals surface area contributed by atoms with E-state index in [-0.39, 0.29) is 0 Å². The van der Waals surface area contributed by atoms with Crippen LogP contribution in [-0.2, 0) is 0 Å². The van der Waals surface area contributed by atoms with Crippen LogP contribution in [0.5, 0.6) is 0 Å². The third-order valence-corrected chi connectivity index (χ3v) is 3.83. The molecule has 1 rings (SSSR count). The quantitative estimate of drug-likeness (QED) is 0.723. The second kappa shape index (κ2) is 6.70. The van der Waals surface area contributed by atoms with Crippen LogP contribution in [0.4, 0.5) is 5.69 Å². The highest BCUT2D eigenvalue weighted by molar-refractivity contribution is 7.98. The molecule has 0 radical (unpaired) electrons. The largest absolute Gasteiger partial charge is 0.371 e. The molecule has 0 heterocycles. The summed E-state index contributed by atoms with van der Waals surface area (Å²) in [6.07, 6.45) is 4.17. The molecule has 1 atom stereocenters. The predicted octanol–water partition coefficient (Wildman–Crippen LogP) is 3.39. The maximum atomic E-state index is 10.7. The number of carbonyl (C=O) groups is 1. The number of thioether (sulfide) groups is 1. The molecule has 0 bridgehead atoms. The minimum absolute atomic E-state index is 0.547. The topological polar surface area (TPSA) is 20.3 Å². The molecule has 0 amide bonds. The molecule has 0 aliphatic rings. The molecule has 0 N–H and O–H groups in total. The van der Waals surface area contributed by atoms with Gasteiger partial charge in [-0.2, -0.15) is 11.8 Å². The van der Waals surface area contributed by atoms with Crippen molar-refractivity contribution in [2.75, 3.05) is 24.0 Å². The molecule has 94 valence electrons. The number of nitrogens with zero attached hydrogens (tertiary/aromatic N) is 1. The summed E-state index contributed by atoms with van der Waals surface area (Å²) in [7, 11) is 2.13. The monoisotopic (exact) mass is 251 g/mol. The zero-order chi connectivity index (χ0) is 12.8. The fourth-order valence-electron chi connectivity index (χ4n) is 2.04. The van der Waals surface area contributed by atoms with E-state index in [1.165, 1.54) is 5.69 Å². The summed E-state index contributed by atoms with van der Waals surface area (Å²) >= 11 is 1.87. The Morgan fingerprint density at radius 3 is 2.65 bits per heavy atom. The van der Waals surface area contributed by atoms with Gasteiger partial charge >= 0.3 is 0 Å². The van der Waals surface area contributed by atoms with Gasteiger partial charge in [0.25, 0.3) is 0 Å². The van der Waals surface area contributed by atoms with Gasteiger partial charge in [-0.25, -0.2) is 0 Å². The molecule has 0 spiro atoms. The minimum atomic E-state index is 0.547. The average molecular weight is 251 g/mol. The Morgan fingerprint density at radius 1 is 1.47 bits per heavy atom. The molecule has 3 heteroatoms. The molecule has 0 fully saturated rings. The van der Waals surface area contributed by atoms with Gasteiger partial charge in [-0.3, -0.25) is 4.79 Å². The molecule has 1 aromatic carbocycles. The lowest BCUT2D eigenvalue weighted by Crippen LogP contribution is -2.33. The van der Waals surface area contributed by atoms with Crippen LogP contribution in [0.15, 0.2) is 18.2 Å². The molecular weight excluding hydrogens is 230 g/mol. The highest BCUT2D eigenvalue weighted by Gasteiger charge is 2.14. The summed E-state index contributed by atoms with van der Waals surface area (Å²) in [5.41, 5.74) is 3.13. The first-order valence-corrected chi connectivity index (χ1v) is 7.31. The number of aldehydes is 1. The zero-order valence-electron chi connectivity index (χ0n) is 11.1. The Bertz CT molecular complexity index is 378. The number of hydrogen-bond acceptors (Lipinski definition) is 3. The minimum Gasteiger partial charge on any atom is -0.371 e. The predicted molar refractivity (Wildman–Crippen MR) is 77.4 cm³/mol. The highest BCUT2D eigenvalue weighted by atomic mass is 32.2. The smallest absolute Gasteiger partial charge is 0.150 e. The Kier molecular flexibility index (Phi) is 5.56. The Balaban J connectivity index is 2.94. The zero-order valence-corrected chi connectivity index (χ0v) is 11.9. The van der Waals surface area contributed by atoms with Gasteiger partial charge in [-0.05, 0) is 43.4 Å². The molecule has 0 aliphatic carbocycles. The highest BCUT2D eigenvalue weighted by Crippen LogP contribution is 2.23. The van der Waals surface area contributed by atoms with Crippen LogP contribution < -0.4 is 4.90 Å². The summed E-state index contributed by atoms with van der Waals surface area (Å²) in [5, 5.41) is 0. The Labute approximate surface area is 108 Å². The summed E-state index contributed by atoms with van der Waals surface area (Å²) < 4.78 is 0. The van der Waals surface area contributed by atoms with Crippen molar-refractivity contribution in [3.05, 3.63) is 29.3 Å². The van der Waals surface area contributed by atoms with Crippen molar-refractivity contribution in [2.24, 2.45) is 0 Å². The third-order valence-electron chi connectivity index (χ3n) is 3.11. The fraction of sp³-hybridized carbons (Fsp3) is 0.500. The van der Waals surface area contributed by atoms with Crippen molar-refractivity contribution in [1.82, 2.24) is 0 Å². The van der Waals surface area contributed by atoms with E-state index >= 15 is 0 Å². The van der Waals surface area contributed by atoms with E-state index in [9.17, 15) is 4.79 Å². The first kappa shape index (κ1) is 14.1. The number of rotatable bonds is 6. The summed E-state index contributed by atoms with van der Waals surface area (Å²) in [6, 6.07) is 6.43. The van der Waals surface area contributed by atoms with Gasteiger partial charge in [0.1, 0.15) is 6.29 Å². The van der Waals surface area contributed by atoms with Crippen LogP contribution in [0.2, 0.25) is 0 Å². The second-order valence-corrected chi connectivity index (χ2v) is 5.20. The first-order chi connectivity index (χ1) is 8.13. The Hall–Kier alpha value is -0.960.